The second-order valence-corrected chi connectivity index (χ2v) is 5.86. The molecular weight excluding hydrogens is 284 g/mol. The Labute approximate surface area is 126 Å². The topological polar surface area (TPSA) is 59.8 Å². The third-order valence-electron chi connectivity index (χ3n) is 3.07. The van der Waals surface area contributed by atoms with E-state index in [1.165, 1.54) is 4.68 Å². The number of anilines is 1. The van der Waals surface area contributed by atoms with Crippen molar-refractivity contribution in [2.75, 3.05) is 11.9 Å². The SMILES string of the molecule is CCCNc1cnn(Cc2nc3ccccc3s2)c(=O)c1. The molecule has 6 heteroatoms. The normalized spacial score (nSPS) is 10.9. The van der Waals surface area contributed by atoms with Crippen LogP contribution < -0.4 is 10.9 Å². The first-order valence-corrected chi connectivity index (χ1v) is 7.73. The molecule has 0 fully saturated rings. The van der Waals surface area contributed by atoms with Crippen LogP contribution in [0.3, 0.4) is 0 Å². The quantitative estimate of drug-likeness (QED) is 0.787. The lowest BCUT2D eigenvalue weighted by atomic mass is 10.3. The zero-order valence-electron chi connectivity index (χ0n) is 11.7. The van der Waals surface area contributed by atoms with Crippen LogP contribution >= 0.6 is 11.3 Å². The van der Waals surface area contributed by atoms with Crippen molar-refractivity contribution in [3.05, 3.63) is 51.9 Å². The van der Waals surface area contributed by atoms with Gasteiger partial charge in [0.15, 0.2) is 0 Å². The van der Waals surface area contributed by atoms with Gasteiger partial charge in [-0.3, -0.25) is 4.79 Å². The molecule has 0 amide bonds. The number of thiazole rings is 1. The van der Waals surface area contributed by atoms with E-state index in [1.54, 1.807) is 23.6 Å². The van der Waals surface area contributed by atoms with Crippen molar-refractivity contribution < 1.29 is 0 Å². The third-order valence-corrected chi connectivity index (χ3v) is 4.09. The van der Waals surface area contributed by atoms with Crippen LogP contribution in [0.25, 0.3) is 10.2 Å². The average Bonchev–Trinajstić information content (AvgIpc) is 2.90. The van der Waals surface area contributed by atoms with E-state index in [-0.39, 0.29) is 5.56 Å². The molecule has 2 aromatic heterocycles. The Morgan fingerprint density at radius 3 is 2.95 bits per heavy atom. The Morgan fingerprint density at radius 1 is 1.33 bits per heavy atom. The lowest BCUT2D eigenvalue weighted by molar-refractivity contribution is 0.637. The van der Waals surface area contributed by atoms with Crippen LogP contribution in [0, 0.1) is 0 Å². The molecule has 0 radical (unpaired) electrons. The van der Waals surface area contributed by atoms with E-state index >= 15 is 0 Å². The van der Waals surface area contributed by atoms with E-state index in [9.17, 15) is 4.79 Å². The number of aromatic nitrogens is 3. The van der Waals surface area contributed by atoms with E-state index < -0.39 is 0 Å². The highest BCUT2D eigenvalue weighted by Gasteiger charge is 2.06. The second kappa shape index (κ2) is 6.05. The first-order chi connectivity index (χ1) is 10.3. The summed E-state index contributed by atoms with van der Waals surface area (Å²) >= 11 is 1.59. The number of hydrogen-bond acceptors (Lipinski definition) is 5. The molecule has 0 atom stereocenters. The van der Waals surface area contributed by atoms with Crippen molar-refractivity contribution in [3.63, 3.8) is 0 Å². The molecule has 1 aromatic carbocycles. The molecule has 2 heterocycles. The molecular formula is C15H16N4OS. The van der Waals surface area contributed by atoms with Gasteiger partial charge in [0.05, 0.1) is 28.6 Å². The standard InChI is InChI=1S/C15H16N4OS/c1-2-7-16-11-8-15(20)19(17-9-11)10-14-18-12-5-3-4-6-13(12)21-14/h3-6,8-9,16H,2,7,10H2,1H3. The summed E-state index contributed by atoms with van der Waals surface area (Å²) in [5.41, 5.74) is 1.62. The molecule has 0 aliphatic heterocycles. The highest BCUT2D eigenvalue weighted by molar-refractivity contribution is 7.18. The summed E-state index contributed by atoms with van der Waals surface area (Å²) < 4.78 is 2.57. The van der Waals surface area contributed by atoms with E-state index in [0.29, 0.717) is 6.54 Å². The molecule has 3 rings (SSSR count). The first kappa shape index (κ1) is 13.8. The smallest absolute Gasteiger partial charge is 0.269 e. The van der Waals surface area contributed by atoms with Gasteiger partial charge in [0.1, 0.15) is 5.01 Å². The number of hydrogen-bond donors (Lipinski definition) is 1. The van der Waals surface area contributed by atoms with E-state index in [4.69, 9.17) is 0 Å². The Hall–Kier alpha value is -2.21. The van der Waals surface area contributed by atoms with Gasteiger partial charge in [-0.2, -0.15) is 5.10 Å². The lowest BCUT2D eigenvalue weighted by Crippen LogP contribution is -2.23. The molecule has 5 nitrogen and oxygen atoms in total. The van der Waals surface area contributed by atoms with Crippen molar-refractivity contribution in [3.8, 4) is 0 Å². The Balaban J connectivity index is 1.82. The highest BCUT2D eigenvalue weighted by atomic mass is 32.1. The van der Waals surface area contributed by atoms with Gasteiger partial charge in [0.25, 0.3) is 5.56 Å². The van der Waals surface area contributed by atoms with E-state index in [2.05, 4.69) is 22.3 Å². The number of nitrogens with one attached hydrogen (secondary N) is 1. The van der Waals surface area contributed by atoms with Gasteiger partial charge in [-0.15, -0.1) is 11.3 Å². The van der Waals surface area contributed by atoms with Crippen molar-refractivity contribution >= 4 is 27.2 Å². The summed E-state index contributed by atoms with van der Waals surface area (Å²) in [5, 5.41) is 8.25. The van der Waals surface area contributed by atoms with Crippen LogP contribution in [0.5, 0.6) is 0 Å². The number of rotatable bonds is 5. The summed E-state index contributed by atoms with van der Waals surface area (Å²) in [6, 6.07) is 9.54. The summed E-state index contributed by atoms with van der Waals surface area (Å²) in [4.78, 5) is 16.6. The lowest BCUT2D eigenvalue weighted by Gasteiger charge is -2.05. The molecule has 0 bridgehead atoms. The third kappa shape index (κ3) is 3.11. The van der Waals surface area contributed by atoms with Gasteiger partial charge in [0.2, 0.25) is 0 Å². The zero-order chi connectivity index (χ0) is 14.7. The molecule has 0 saturated carbocycles. The Kier molecular flexibility index (Phi) is 3.96. The molecule has 0 aliphatic rings. The van der Waals surface area contributed by atoms with Gasteiger partial charge < -0.3 is 5.32 Å². The van der Waals surface area contributed by atoms with Crippen LogP contribution in [0.2, 0.25) is 0 Å². The Morgan fingerprint density at radius 2 is 2.19 bits per heavy atom. The van der Waals surface area contributed by atoms with Crippen LogP contribution in [-0.2, 0) is 6.54 Å². The van der Waals surface area contributed by atoms with Gasteiger partial charge in [0, 0.05) is 12.6 Å². The van der Waals surface area contributed by atoms with E-state index in [0.717, 1.165) is 33.9 Å². The van der Waals surface area contributed by atoms with Crippen LogP contribution in [0.15, 0.2) is 41.3 Å². The largest absolute Gasteiger partial charge is 0.384 e. The maximum absolute atomic E-state index is 12.1. The predicted octanol–water partition coefficient (Wildman–Crippen LogP) is 2.72. The van der Waals surface area contributed by atoms with Crippen LogP contribution in [0.4, 0.5) is 5.69 Å². The number of nitrogens with zero attached hydrogens (tertiary/aromatic N) is 3. The zero-order valence-corrected chi connectivity index (χ0v) is 12.6. The van der Waals surface area contributed by atoms with Crippen LogP contribution in [0.1, 0.15) is 18.4 Å². The maximum atomic E-state index is 12.1. The summed E-state index contributed by atoms with van der Waals surface area (Å²) in [5.74, 6) is 0. The summed E-state index contributed by atoms with van der Waals surface area (Å²) in [6.07, 6.45) is 2.69. The maximum Gasteiger partial charge on any atom is 0.269 e. The monoisotopic (exact) mass is 300 g/mol. The Bertz CT molecular complexity index is 776. The highest BCUT2D eigenvalue weighted by Crippen LogP contribution is 2.21. The molecule has 21 heavy (non-hydrogen) atoms. The average molecular weight is 300 g/mol. The van der Waals surface area contributed by atoms with Crippen molar-refractivity contribution in [1.29, 1.82) is 0 Å². The molecule has 1 N–H and O–H groups in total. The van der Waals surface area contributed by atoms with Crippen molar-refractivity contribution in [2.45, 2.75) is 19.9 Å². The van der Waals surface area contributed by atoms with Gasteiger partial charge >= 0.3 is 0 Å². The second-order valence-electron chi connectivity index (χ2n) is 4.74. The number of benzene rings is 1. The molecule has 0 aliphatic carbocycles. The van der Waals surface area contributed by atoms with Gasteiger partial charge in [-0.25, -0.2) is 9.67 Å². The number of fused-ring (bicyclic) bond motifs is 1. The number of para-hydroxylation sites is 1. The fourth-order valence-electron chi connectivity index (χ4n) is 2.03. The first-order valence-electron chi connectivity index (χ1n) is 6.92. The van der Waals surface area contributed by atoms with Crippen molar-refractivity contribution in [2.24, 2.45) is 0 Å². The fourth-order valence-corrected chi connectivity index (χ4v) is 2.98. The molecule has 108 valence electrons. The van der Waals surface area contributed by atoms with E-state index in [1.807, 2.05) is 24.3 Å². The minimum atomic E-state index is -0.115. The summed E-state index contributed by atoms with van der Waals surface area (Å²) in [6.45, 7) is 3.32. The molecule has 0 unspecified atom stereocenters. The van der Waals surface area contributed by atoms with Crippen LogP contribution in [-0.4, -0.2) is 21.3 Å². The summed E-state index contributed by atoms with van der Waals surface area (Å²) in [7, 11) is 0. The molecule has 3 aromatic rings. The minimum absolute atomic E-state index is 0.115. The molecule has 0 saturated heterocycles. The van der Waals surface area contributed by atoms with Crippen molar-refractivity contribution in [1.82, 2.24) is 14.8 Å². The van der Waals surface area contributed by atoms with Gasteiger partial charge in [-0.05, 0) is 18.6 Å². The minimum Gasteiger partial charge on any atom is -0.384 e. The predicted molar refractivity (Wildman–Crippen MR) is 86.0 cm³/mol. The van der Waals surface area contributed by atoms with Gasteiger partial charge in [-0.1, -0.05) is 19.1 Å². The molecule has 0 spiro atoms. The fraction of sp³-hybridized carbons (Fsp3) is 0.267.